The second-order valence-corrected chi connectivity index (χ2v) is 9.80. The first-order chi connectivity index (χ1) is 18.1. The molecule has 0 saturated carbocycles. The van der Waals surface area contributed by atoms with Gasteiger partial charge in [0, 0.05) is 12.8 Å². The van der Waals surface area contributed by atoms with Crippen LogP contribution in [-0.2, 0) is 30.4 Å². The fourth-order valence-electron chi connectivity index (χ4n) is 3.55. The van der Waals surface area contributed by atoms with E-state index < -0.39 is 53.8 Å². The summed E-state index contributed by atoms with van der Waals surface area (Å²) >= 11 is 1.45. The number of nitrogens with two attached hydrogens (primary N) is 2. The van der Waals surface area contributed by atoms with E-state index in [-0.39, 0.29) is 32.1 Å². The molecule has 0 spiro atoms. The van der Waals surface area contributed by atoms with Crippen LogP contribution < -0.4 is 27.4 Å². The van der Waals surface area contributed by atoms with Gasteiger partial charge in [0.05, 0.1) is 6.04 Å². The van der Waals surface area contributed by atoms with Gasteiger partial charge >= 0.3 is 11.9 Å². The Kier molecular flexibility index (Phi) is 15.7. The number of nitrogens with one attached hydrogen (secondary N) is 3. The number of unbranched alkanes of at least 4 members (excludes halogenated alkanes) is 1. The van der Waals surface area contributed by atoms with Crippen LogP contribution in [0.2, 0.25) is 0 Å². The van der Waals surface area contributed by atoms with Gasteiger partial charge in [-0.2, -0.15) is 11.8 Å². The third-order valence-electron chi connectivity index (χ3n) is 5.73. The van der Waals surface area contributed by atoms with Gasteiger partial charge in [0.15, 0.2) is 0 Å². The van der Waals surface area contributed by atoms with Crippen molar-refractivity contribution in [3.8, 4) is 0 Å². The Labute approximate surface area is 226 Å². The van der Waals surface area contributed by atoms with Gasteiger partial charge in [-0.15, -0.1) is 0 Å². The number of thioether (sulfide) groups is 1. The smallest absolute Gasteiger partial charge is 0.326 e. The van der Waals surface area contributed by atoms with Crippen molar-refractivity contribution in [1.29, 1.82) is 0 Å². The SMILES string of the molecule is CSCCC(NC(=O)C(N)CCC(=O)O)C(=O)NC(CCCCN)C(=O)NC(Cc1ccccc1)C(=O)O. The lowest BCUT2D eigenvalue weighted by Gasteiger charge is -2.25. The lowest BCUT2D eigenvalue weighted by molar-refractivity contribution is -0.142. The van der Waals surface area contributed by atoms with E-state index in [1.807, 2.05) is 6.26 Å². The van der Waals surface area contributed by atoms with Gasteiger partial charge in [0.25, 0.3) is 0 Å². The van der Waals surface area contributed by atoms with Crippen LogP contribution in [0.3, 0.4) is 0 Å². The van der Waals surface area contributed by atoms with Crippen LogP contribution in [0, 0.1) is 0 Å². The minimum Gasteiger partial charge on any atom is -0.481 e. The first-order valence-electron chi connectivity index (χ1n) is 12.4. The lowest BCUT2D eigenvalue weighted by Crippen LogP contribution is -2.57. The zero-order valence-corrected chi connectivity index (χ0v) is 22.4. The molecule has 4 unspecified atom stereocenters. The summed E-state index contributed by atoms with van der Waals surface area (Å²) in [6.45, 7) is 0.384. The third kappa shape index (κ3) is 12.9. The Bertz CT molecular complexity index is 919. The second kappa shape index (κ2) is 18.2. The minimum atomic E-state index is -1.21. The van der Waals surface area contributed by atoms with Crippen molar-refractivity contribution in [2.75, 3.05) is 18.6 Å². The number of carbonyl (C=O) groups excluding carboxylic acids is 3. The summed E-state index contributed by atoms with van der Waals surface area (Å²) in [6, 6.07) is 4.44. The van der Waals surface area contributed by atoms with E-state index in [1.165, 1.54) is 11.8 Å². The lowest BCUT2D eigenvalue weighted by atomic mass is 10.0. The van der Waals surface area contributed by atoms with Crippen LogP contribution in [0.1, 0.15) is 44.1 Å². The molecular formula is C25H39N5O7S. The van der Waals surface area contributed by atoms with Crippen molar-refractivity contribution in [2.45, 2.75) is 69.1 Å². The topological polar surface area (TPSA) is 214 Å². The molecule has 9 N–H and O–H groups in total. The predicted molar refractivity (Wildman–Crippen MR) is 144 cm³/mol. The first kappa shape index (κ1) is 32.9. The molecule has 0 radical (unpaired) electrons. The molecule has 212 valence electrons. The van der Waals surface area contributed by atoms with Gasteiger partial charge < -0.3 is 37.6 Å². The average Bonchev–Trinajstić information content (AvgIpc) is 2.88. The number of carbonyl (C=O) groups is 5. The molecule has 0 bridgehead atoms. The number of aliphatic carboxylic acids is 2. The standard InChI is InChI=1S/C25H39N5O7S/c1-38-14-12-19(28-22(33)17(27)10-11-21(31)32)24(35)29-18(9-5-6-13-26)23(34)30-20(25(36)37)15-16-7-3-2-4-8-16/h2-4,7-8,17-20H,5-6,9-15,26-27H2,1H3,(H,28,33)(H,29,35)(H,30,34)(H,31,32)(H,36,37). The number of hydrogen-bond donors (Lipinski definition) is 7. The molecular weight excluding hydrogens is 514 g/mol. The van der Waals surface area contributed by atoms with Crippen molar-refractivity contribution < 1.29 is 34.2 Å². The highest BCUT2D eigenvalue weighted by atomic mass is 32.2. The zero-order valence-electron chi connectivity index (χ0n) is 21.6. The molecule has 4 atom stereocenters. The van der Waals surface area contributed by atoms with E-state index in [1.54, 1.807) is 30.3 Å². The highest BCUT2D eigenvalue weighted by molar-refractivity contribution is 7.98. The van der Waals surface area contributed by atoms with Gasteiger partial charge in [-0.05, 0) is 56.2 Å². The molecule has 0 aliphatic carbocycles. The maximum atomic E-state index is 13.1. The molecule has 0 aliphatic rings. The Morgan fingerprint density at radius 1 is 0.842 bits per heavy atom. The normalized spacial score (nSPS) is 14.0. The zero-order chi connectivity index (χ0) is 28.5. The summed E-state index contributed by atoms with van der Waals surface area (Å²) in [5.41, 5.74) is 12.1. The summed E-state index contributed by atoms with van der Waals surface area (Å²) < 4.78 is 0. The molecule has 0 heterocycles. The molecule has 0 aromatic heterocycles. The number of carboxylic acids is 2. The van der Waals surface area contributed by atoms with E-state index in [2.05, 4.69) is 16.0 Å². The van der Waals surface area contributed by atoms with Crippen LogP contribution in [0.25, 0.3) is 0 Å². The Balaban J connectivity index is 2.97. The van der Waals surface area contributed by atoms with Gasteiger partial charge in [0.1, 0.15) is 18.1 Å². The molecule has 0 aliphatic heterocycles. The largest absolute Gasteiger partial charge is 0.481 e. The molecule has 38 heavy (non-hydrogen) atoms. The Hall–Kier alpha value is -3.16. The van der Waals surface area contributed by atoms with Crippen LogP contribution in [0.4, 0.5) is 0 Å². The highest BCUT2D eigenvalue weighted by Crippen LogP contribution is 2.08. The number of rotatable bonds is 19. The molecule has 1 aromatic rings. The fourth-order valence-corrected chi connectivity index (χ4v) is 4.02. The first-order valence-corrected chi connectivity index (χ1v) is 13.8. The van der Waals surface area contributed by atoms with E-state index in [4.69, 9.17) is 16.6 Å². The predicted octanol–water partition coefficient (Wildman–Crippen LogP) is -0.158. The van der Waals surface area contributed by atoms with Gasteiger partial charge in [-0.25, -0.2) is 4.79 Å². The van der Waals surface area contributed by atoms with E-state index >= 15 is 0 Å². The van der Waals surface area contributed by atoms with Crippen molar-refractivity contribution in [1.82, 2.24) is 16.0 Å². The summed E-state index contributed by atoms with van der Waals surface area (Å²) in [6.07, 6.45) is 3.06. The van der Waals surface area contributed by atoms with E-state index in [0.29, 0.717) is 25.1 Å². The minimum absolute atomic E-state index is 0.0615. The maximum Gasteiger partial charge on any atom is 0.326 e. The molecule has 0 fully saturated rings. The second-order valence-electron chi connectivity index (χ2n) is 8.82. The van der Waals surface area contributed by atoms with Crippen LogP contribution in [0.15, 0.2) is 30.3 Å². The number of benzene rings is 1. The third-order valence-corrected chi connectivity index (χ3v) is 6.37. The number of carboxylic acid groups (broad SMARTS) is 2. The number of hydrogen-bond acceptors (Lipinski definition) is 8. The summed E-state index contributed by atoms with van der Waals surface area (Å²) in [4.78, 5) is 61.3. The maximum absolute atomic E-state index is 13.1. The van der Waals surface area contributed by atoms with Gasteiger partial charge in [-0.3, -0.25) is 19.2 Å². The summed E-state index contributed by atoms with van der Waals surface area (Å²) in [5.74, 6) is -3.75. The molecule has 12 nitrogen and oxygen atoms in total. The molecule has 1 aromatic carbocycles. The Morgan fingerprint density at radius 2 is 1.42 bits per heavy atom. The van der Waals surface area contributed by atoms with Gasteiger partial charge in [0.2, 0.25) is 17.7 Å². The molecule has 13 heteroatoms. The molecule has 1 rings (SSSR count). The van der Waals surface area contributed by atoms with Crippen LogP contribution in [0.5, 0.6) is 0 Å². The average molecular weight is 554 g/mol. The van der Waals surface area contributed by atoms with E-state index in [0.717, 1.165) is 5.56 Å². The van der Waals surface area contributed by atoms with Crippen molar-refractivity contribution >= 4 is 41.4 Å². The monoisotopic (exact) mass is 553 g/mol. The van der Waals surface area contributed by atoms with Gasteiger partial charge in [-0.1, -0.05) is 30.3 Å². The van der Waals surface area contributed by atoms with E-state index in [9.17, 15) is 29.1 Å². The van der Waals surface area contributed by atoms with Crippen molar-refractivity contribution in [3.05, 3.63) is 35.9 Å². The summed E-state index contributed by atoms with van der Waals surface area (Å²) in [7, 11) is 0. The van der Waals surface area contributed by atoms with Crippen LogP contribution in [-0.4, -0.2) is 82.6 Å². The van der Waals surface area contributed by atoms with Crippen LogP contribution >= 0.6 is 11.8 Å². The fraction of sp³-hybridized carbons (Fsp3) is 0.560. The van der Waals surface area contributed by atoms with Crippen molar-refractivity contribution in [3.63, 3.8) is 0 Å². The highest BCUT2D eigenvalue weighted by Gasteiger charge is 2.30. The van der Waals surface area contributed by atoms with Crippen molar-refractivity contribution in [2.24, 2.45) is 11.5 Å². The molecule has 0 saturated heterocycles. The Morgan fingerprint density at radius 3 is 1.97 bits per heavy atom. The molecule has 3 amide bonds. The quantitative estimate of drug-likeness (QED) is 0.112. The summed E-state index contributed by atoms with van der Waals surface area (Å²) in [5, 5.41) is 26.2. The number of amides is 3.